The molecule has 0 fully saturated rings. The molecule has 0 aliphatic heterocycles. The molecule has 1 aromatic rings. The maximum Gasteiger partial charge on any atom is 0.344 e. The minimum atomic E-state index is -1.06. The number of methoxy groups -OCH3 is 1. The Balaban J connectivity index is 3.15. The Morgan fingerprint density at radius 2 is 1.88 bits per heavy atom. The second kappa shape index (κ2) is 8.15. The van der Waals surface area contributed by atoms with Crippen molar-refractivity contribution in [2.24, 2.45) is 5.92 Å². The molecule has 1 unspecified atom stereocenters. The largest absolute Gasteiger partial charge is 0.493 e. The van der Waals surface area contributed by atoms with Gasteiger partial charge in [0.15, 0.2) is 18.1 Å². The lowest BCUT2D eigenvalue weighted by atomic mass is 9.97. The van der Waals surface area contributed by atoms with Gasteiger partial charge in [0.2, 0.25) is 0 Å². The number of hydrogen-bond donors (Lipinski definition) is 1. The minimum Gasteiger partial charge on any atom is -0.493 e. The van der Waals surface area contributed by atoms with Crippen molar-refractivity contribution < 1.29 is 29.0 Å². The molecule has 0 heterocycles. The molecule has 1 N–H and O–H groups in total. The van der Waals surface area contributed by atoms with E-state index in [1.54, 1.807) is 34.6 Å². The highest BCUT2D eigenvalue weighted by molar-refractivity contribution is 5.72. The number of aliphatic hydroxyl groups excluding tert-OH is 1. The number of hydrogen-bond acceptors (Lipinski definition) is 7. The summed E-state index contributed by atoms with van der Waals surface area (Å²) in [5, 5.41) is 21.5. The van der Waals surface area contributed by atoms with Crippen LogP contribution in [0.1, 0.15) is 46.3 Å². The predicted molar refractivity (Wildman–Crippen MR) is 90.8 cm³/mol. The first-order valence-corrected chi connectivity index (χ1v) is 7.85. The van der Waals surface area contributed by atoms with Gasteiger partial charge in [-0.05, 0) is 32.8 Å². The number of esters is 1. The van der Waals surface area contributed by atoms with Gasteiger partial charge in [-0.3, -0.25) is 10.1 Å². The topological polar surface area (TPSA) is 108 Å². The fraction of sp³-hybridized carbons (Fsp3) is 0.588. The number of nitro benzene ring substituents is 1. The lowest BCUT2D eigenvalue weighted by molar-refractivity contribution is -0.386. The summed E-state index contributed by atoms with van der Waals surface area (Å²) in [6.07, 6.45) is -1.06. The van der Waals surface area contributed by atoms with Crippen LogP contribution >= 0.6 is 0 Å². The summed E-state index contributed by atoms with van der Waals surface area (Å²) in [6.45, 7) is 8.28. The Hall–Kier alpha value is -2.35. The van der Waals surface area contributed by atoms with Crippen LogP contribution in [0.5, 0.6) is 11.5 Å². The molecule has 1 rings (SSSR count). The van der Waals surface area contributed by atoms with Crippen LogP contribution in [0.4, 0.5) is 5.69 Å². The monoisotopic (exact) mass is 355 g/mol. The molecule has 1 atom stereocenters. The Kier molecular flexibility index (Phi) is 6.75. The van der Waals surface area contributed by atoms with Gasteiger partial charge in [0.25, 0.3) is 5.69 Å². The third kappa shape index (κ3) is 5.90. The third-order valence-electron chi connectivity index (χ3n) is 3.23. The van der Waals surface area contributed by atoms with E-state index in [-0.39, 0.29) is 35.3 Å². The normalized spacial score (nSPS) is 12.6. The van der Waals surface area contributed by atoms with Gasteiger partial charge in [-0.2, -0.15) is 0 Å². The molecule has 0 saturated carbocycles. The van der Waals surface area contributed by atoms with Crippen molar-refractivity contribution in [1.82, 2.24) is 0 Å². The number of benzene rings is 1. The molecule has 25 heavy (non-hydrogen) atoms. The number of rotatable bonds is 7. The molecule has 0 saturated heterocycles. The standard InChI is InChI=1S/C17H25NO7/c1-10(2)16(20)11-7-14(13(23-6)8-12(11)18(21)22)24-9-15(19)25-17(3,4)5/h7-8,10,16,20H,9H2,1-6H3. The molecule has 0 bridgehead atoms. The first kappa shape index (κ1) is 20.7. The number of carbonyl (C=O) groups is 1. The quantitative estimate of drug-likeness (QED) is 0.455. The van der Waals surface area contributed by atoms with Crippen molar-refractivity contribution in [2.45, 2.75) is 46.3 Å². The van der Waals surface area contributed by atoms with E-state index in [1.165, 1.54) is 19.2 Å². The predicted octanol–water partition coefficient (Wildman–Crippen LogP) is 3.01. The van der Waals surface area contributed by atoms with Gasteiger partial charge in [0.1, 0.15) is 5.60 Å². The molecule has 8 nitrogen and oxygen atoms in total. The summed E-state index contributed by atoms with van der Waals surface area (Å²) in [6, 6.07) is 2.50. The number of ether oxygens (including phenoxy) is 3. The summed E-state index contributed by atoms with van der Waals surface area (Å²) in [5.41, 5.74) is -0.832. The van der Waals surface area contributed by atoms with Gasteiger partial charge in [-0.25, -0.2) is 4.79 Å². The van der Waals surface area contributed by atoms with E-state index in [0.29, 0.717) is 0 Å². The molecule has 0 aliphatic carbocycles. The van der Waals surface area contributed by atoms with Crippen LogP contribution in [0, 0.1) is 16.0 Å². The van der Waals surface area contributed by atoms with Crippen molar-refractivity contribution in [2.75, 3.05) is 13.7 Å². The van der Waals surface area contributed by atoms with Crippen LogP contribution in [-0.4, -0.2) is 35.3 Å². The molecule has 0 radical (unpaired) electrons. The second-order valence-corrected chi connectivity index (χ2v) is 6.88. The average molecular weight is 355 g/mol. The highest BCUT2D eigenvalue weighted by atomic mass is 16.6. The van der Waals surface area contributed by atoms with Crippen molar-refractivity contribution in [3.8, 4) is 11.5 Å². The van der Waals surface area contributed by atoms with E-state index in [4.69, 9.17) is 14.2 Å². The first-order chi connectivity index (χ1) is 11.5. The SMILES string of the molecule is COc1cc([N+](=O)[O-])c(C(O)C(C)C)cc1OCC(=O)OC(C)(C)C. The molecule has 0 amide bonds. The summed E-state index contributed by atoms with van der Waals surface area (Å²) in [7, 11) is 1.33. The van der Waals surface area contributed by atoms with E-state index in [1.807, 2.05) is 0 Å². The molecular weight excluding hydrogens is 330 g/mol. The summed E-state index contributed by atoms with van der Waals surface area (Å²) < 4.78 is 15.7. The van der Waals surface area contributed by atoms with Crippen molar-refractivity contribution in [1.29, 1.82) is 0 Å². The number of carbonyl (C=O) groups excluding carboxylic acids is 1. The Morgan fingerprint density at radius 1 is 1.28 bits per heavy atom. The van der Waals surface area contributed by atoms with Crippen LogP contribution in [0.25, 0.3) is 0 Å². The van der Waals surface area contributed by atoms with Crippen LogP contribution < -0.4 is 9.47 Å². The van der Waals surface area contributed by atoms with Crippen molar-refractivity contribution >= 4 is 11.7 Å². The maximum absolute atomic E-state index is 11.8. The smallest absolute Gasteiger partial charge is 0.344 e. The highest BCUT2D eigenvalue weighted by Crippen LogP contribution is 2.39. The van der Waals surface area contributed by atoms with Crippen LogP contribution in [0.3, 0.4) is 0 Å². The van der Waals surface area contributed by atoms with Gasteiger partial charge in [0.05, 0.1) is 29.8 Å². The van der Waals surface area contributed by atoms with E-state index in [0.717, 1.165) is 0 Å². The molecule has 0 spiro atoms. The highest BCUT2D eigenvalue weighted by Gasteiger charge is 2.27. The summed E-state index contributed by atoms with van der Waals surface area (Å²) >= 11 is 0. The van der Waals surface area contributed by atoms with Crippen LogP contribution in [-0.2, 0) is 9.53 Å². The van der Waals surface area contributed by atoms with E-state index in [9.17, 15) is 20.0 Å². The zero-order valence-electron chi connectivity index (χ0n) is 15.4. The minimum absolute atomic E-state index is 0.0926. The lowest BCUT2D eigenvalue weighted by Gasteiger charge is -2.20. The van der Waals surface area contributed by atoms with Crippen LogP contribution in [0.2, 0.25) is 0 Å². The zero-order valence-corrected chi connectivity index (χ0v) is 15.4. The number of nitrogens with zero attached hydrogens (tertiary/aromatic N) is 1. The molecule has 1 aromatic carbocycles. The van der Waals surface area contributed by atoms with Crippen molar-refractivity contribution in [3.05, 3.63) is 27.8 Å². The summed E-state index contributed by atoms with van der Waals surface area (Å²) in [4.78, 5) is 22.5. The maximum atomic E-state index is 11.8. The summed E-state index contributed by atoms with van der Waals surface area (Å²) in [5.74, 6) is -0.617. The van der Waals surface area contributed by atoms with E-state index < -0.39 is 22.6 Å². The van der Waals surface area contributed by atoms with Gasteiger partial charge in [-0.1, -0.05) is 13.8 Å². The average Bonchev–Trinajstić information content (AvgIpc) is 2.49. The zero-order chi connectivity index (χ0) is 19.4. The fourth-order valence-electron chi connectivity index (χ4n) is 2.10. The Labute approximate surface area is 146 Å². The molecule has 0 aromatic heterocycles. The van der Waals surface area contributed by atoms with E-state index >= 15 is 0 Å². The Morgan fingerprint density at radius 3 is 2.32 bits per heavy atom. The molecule has 140 valence electrons. The van der Waals surface area contributed by atoms with Gasteiger partial charge in [0, 0.05) is 0 Å². The van der Waals surface area contributed by atoms with Gasteiger partial charge in [-0.15, -0.1) is 0 Å². The Bertz CT molecular complexity index is 635. The number of aliphatic hydroxyl groups is 1. The van der Waals surface area contributed by atoms with Crippen LogP contribution in [0.15, 0.2) is 12.1 Å². The fourth-order valence-corrected chi connectivity index (χ4v) is 2.10. The van der Waals surface area contributed by atoms with Crippen molar-refractivity contribution in [3.63, 3.8) is 0 Å². The first-order valence-electron chi connectivity index (χ1n) is 7.85. The van der Waals surface area contributed by atoms with Gasteiger partial charge >= 0.3 is 5.97 Å². The lowest BCUT2D eigenvalue weighted by Crippen LogP contribution is -2.27. The van der Waals surface area contributed by atoms with E-state index in [2.05, 4.69) is 0 Å². The third-order valence-corrected chi connectivity index (χ3v) is 3.23. The van der Waals surface area contributed by atoms with Gasteiger partial charge < -0.3 is 19.3 Å². The molecule has 8 heteroatoms. The second-order valence-electron chi connectivity index (χ2n) is 6.88. The molecular formula is C17H25NO7. The number of nitro groups is 1. The molecule has 0 aliphatic rings.